The number of halogens is 1. The molecule has 0 saturated carbocycles. The second-order valence-corrected chi connectivity index (χ2v) is 12.9. The number of aromatic nitrogens is 4. The van der Waals surface area contributed by atoms with Gasteiger partial charge in [0.15, 0.2) is 5.65 Å². The van der Waals surface area contributed by atoms with Crippen molar-refractivity contribution < 1.29 is 4.79 Å². The summed E-state index contributed by atoms with van der Waals surface area (Å²) in [5.74, 6) is 0.429. The molecule has 4 aromatic rings. The Balaban J connectivity index is 1.87. The first-order chi connectivity index (χ1) is 21.3. The predicted octanol–water partition coefficient (Wildman–Crippen LogP) is 4.49. The van der Waals surface area contributed by atoms with Crippen LogP contribution in [0.3, 0.4) is 0 Å². The van der Waals surface area contributed by atoms with Crippen LogP contribution < -0.4 is 10.6 Å². The molecule has 11 heteroatoms. The molecular formula is C34H39B2ClN6O2. The second-order valence-electron chi connectivity index (χ2n) is 12.5. The number of hydrogen-bond acceptors (Lipinski definition) is 6. The summed E-state index contributed by atoms with van der Waals surface area (Å²) in [4.78, 5) is 45.3. The Hall–Kier alpha value is -4.17. The Morgan fingerprint density at radius 2 is 1.78 bits per heavy atom. The van der Waals surface area contributed by atoms with E-state index in [9.17, 15) is 9.59 Å². The van der Waals surface area contributed by atoms with Gasteiger partial charge < -0.3 is 9.80 Å². The van der Waals surface area contributed by atoms with E-state index >= 15 is 0 Å². The smallest absolute Gasteiger partial charge is 0.347 e. The van der Waals surface area contributed by atoms with Crippen LogP contribution in [0.2, 0.25) is 5.02 Å². The first-order valence-electron chi connectivity index (χ1n) is 15.4. The van der Waals surface area contributed by atoms with Gasteiger partial charge >= 0.3 is 5.69 Å². The molecular weight excluding hydrogens is 581 g/mol. The van der Waals surface area contributed by atoms with Crippen LogP contribution >= 0.6 is 11.6 Å². The first-order valence-corrected chi connectivity index (χ1v) is 15.8. The summed E-state index contributed by atoms with van der Waals surface area (Å²) in [7, 11) is 4.17. The molecule has 0 aliphatic carbocycles. The van der Waals surface area contributed by atoms with Crippen molar-refractivity contribution in [3.05, 3.63) is 92.9 Å². The number of piperazine rings is 1. The molecule has 1 aliphatic heterocycles. The maximum atomic E-state index is 14.3. The summed E-state index contributed by atoms with van der Waals surface area (Å²) in [6.45, 7) is 16.8. The van der Waals surface area contributed by atoms with Crippen LogP contribution in [0.1, 0.15) is 57.4 Å². The molecule has 1 amide bonds. The van der Waals surface area contributed by atoms with Gasteiger partial charge in [-0.2, -0.15) is 4.98 Å². The summed E-state index contributed by atoms with van der Waals surface area (Å²) in [5.41, 5.74) is 5.99. The lowest BCUT2D eigenvalue weighted by atomic mass is 9.73. The van der Waals surface area contributed by atoms with E-state index in [4.69, 9.17) is 21.6 Å². The Bertz CT molecular complexity index is 1910. The molecule has 8 nitrogen and oxygen atoms in total. The zero-order chi connectivity index (χ0) is 32.7. The maximum absolute atomic E-state index is 14.3. The zero-order valence-corrected chi connectivity index (χ0v) is 28.1. The SMILES string of the molecule is BC(B)=C(C)c1ccccc1-c1nc2c(cc1Cl)c(N1[C@@H](C)CN(C(=O)C=C)C[C@@H]1C)nc(=O)n2-c1c(C)ccnc1C(C)C. The average Bonchev–Trinajstić information content (AvgIpc) is 3.00. The van der Waals surface area contributed by atoms with Crippen molar-refractivity contribution in [2.75, 3.05) is 18.0 Å². The van der Waals surface area contributed by atoms with Crippen LogP contribution in [-0.2, 0) is 4.79 Å². The number of hydrogen-bond donors (Lipinski definition) is 0. The number of benzene rings is 1. The number of anilines is 1. The molecule has 0 N–H and O–H groups in total. The maximum Gasteiger partial charge on any atom is 0.355 e. The third-order valence-electron chi connectivity index (χ3n) is 8.71. The summed E-state index contributed by atoms with van der Waals surface area (Å²) in [6, 6.07) is 11.6. The van der Waals surface area contributed by atoms with Crippen LogP contribution in [0.4, 0.5) is 5.82 Å². The second kappa shape index (κ2) is 12.7. The summed E-state index contributed by atoms with van der Waals surface area (Å²) in [5, 5.41) is 2.30. The van der Waals surface area contributed by atoms with Crippen LogP contribution in [0, 0.1) is 6.92 Å². The van der Waals surface area contributed by atoms with Crippen molar-refractivity contribution in [2.24, 2.45) is 0 Å². The van der Waals surface area contributed by atoms with Gasteiger partial charge in [0.1, 0.15) is 21.5 Å². The molecule has 1 aromatic carbocycles. The molecule has 230 valence electrons. The first kappa shape index (κ1) is 32.2. The molecule has 1 saturated heterocycles. The molecule has 0 unspecified atom stereocenters. The third-order valence-corrected chi connectivity index (χ3v) is 9.00. The van der Waals surface area contributed by atoms with E-state index in [-0.39, 0.29) is 23.9 Å². The molecule has 0 radical (unpaired) electrons. The minimum Gasteiger partial charge on any atom is -0.347 e. The van der Waals surface area contributed by atoms with E-state index in [0.717, 1.165) is 28.0 Å². The summed E-state index contributed by atoms with van der Waals surface area (Å²) in [6.07, 6.45) is 3.11. The molecule has 0 bridgehead atoms. The Labute approximate surface area is 271 Å². The van der Waals surface area contributed by atoms with E-state index in [1.165, 1.54) is 11.4 Å². The fourth-order valence-corrected chi connectivity index (χ4v) is 6.57. The van der Waals surface area contributed by atoms with Crippen molar-refractivity contribution in [1.82, 2.24) is 24.4 Å². The normalized spacial score (nSPS) is 16.7. The monoisotopic (exact) mass is 620 g/mol. The van der Waals surface area contributed by atoms with Gasteiger partial charge in [0, 0.05) is 36.9 Å². The van der Waals surface area contributed by atoms with Gasteiger partial charge in [0.25, 0.3) is 0 Å². The lowest BCUT2D eigenvalue weighted by Gasteiger charge is -2.45. The van der Waals surface area contributed by atoms with Gasteiger partial charge in [-0.05, 0) is 62.9 Å². The number of carbonyl (C=O) groups is 1. The minimum absolute atomic E-state index is 0.0462. The van der Waals surface area contributed by atoms with E-state index in [1.807, 2.05) is 51.1 Å². The predicted molar refractivity (Wildman–Crippen MR) is 190 cm³/mol. The average molecular weight is 621 g/mol. The van der Waals surface area contributed by atoms with Crippen molar-refractivity contribution in [2.45, 2.75) is 59.5 Å². The fourth-order valence-electron chi connectivity index (χ4n) is 6.31. The number of fused-ring (bicyclic) bond motifs is 1. The molecule has 2 atom stereocenters. The minimum atomic E-state index is -0.450. The van der Waals surface area contributed by atoms with E-state index in [2.05, 4.69) is 59.0 Å². The Kier molecular flexibility index (Phi) is 9.08. The van der Waals surface area contributed by atoms with Crippen molar-refractivity contribution in [1.29, 1.82) is 0 Å². The number of nitrogens with zero attached hydrogens (tertiary/aromatic N) is 6. The standard InChI is InChI=1S/C34H39B2ClN6O2/c1-8-27(44)41-16-20(5)42(21(6)17-41)33-25-15-26(37)29(24-12-10-9-11-23(24)22(7)31(35)36)39-32(25)43(34(45)40-33)30-19(4)13-14-38-28(30)18(2)3/h8-15,18,20-21H,1,16-17,35-36H2,2-7H3/t20-,21-/m0/s1. The topological polar surface area (TPSA) is 84.2 Å². The van der Waals surface area contributed by atoms with E-state index in [0.29, 0.717) is 46.3 Å². The molecule has 4 heterocycles. The van der Waals surface area contributed by atoms with Crippen molar-refractivity contribution in [3.8, 4) is 16.9 Å². The highest BCUT2D eigenvalue weighted by Gasteiger charge is 2.34. The summed E-state index contributed by atoms with van der Waals surface area (Å²) < 4.78 is 1.60. The van der Waals surface area contributed by atoms with Crippen molar-refractivity contribution >= 4 is 55.6 Å². The fraction of sp³-hybridized carbons (Fsp3) is 0.324. The molecule has 3 aromatic heterocycles. The number of amides is 1. The van der Waals surface area contributed by atoms with Crippen LogP contribution in [-0.4, -0.2) is 71.2 Å². The highest BCUT2D eigenvalue weighted by atomic mass is 35.5. The quantitative estimate of drug-likeness (QED) is 0.233. The van der Waals surface area contributed by atoms with Gasteiger partial charge in [-0.1, -0.05) is 61.9 Å². The van der Waals surface area contributed by atoms with Crippen molar-refractivity contribution in [3.63, 3.8) is 0 Å². The van der Waals surface area contributed by atoms with E-state index in [1.54, 1.807) is 15.7 Å². The van der Waals surface area contributed by atoms with Crippen LogP contribution in [0.5, 0.6) is 0 Å². The zero-order valence-electron chi connectivity index (χ0n) is 27.3. The number of pyridine rings is 2. The summed E-state index contributed by atoms with van der Waals surface area (Å²) >= 11 is 7.12. The lowest BCUT2D eigenvalue weighted by molar-refractivity contribution is -0.127. The van der Waals surface area contributed by atoms with Gasteiger partial charge in [0.05, 0.1) is 27.5 Å². The molecule has 0 spiro atoms. The molecule has 1 fully saturated rings. The van der Waals surface area contributed by atoms with Gasteiger partial charge in [-0.15, -0.1) is 5.37 Å². The van der Waals surface area contributed by atoms with Gasteiger partial charge in [-0.3, -0.25) is 9.78 Å². The molecule has 45 heavy (non-hydrogen) atoms. The highest BCUT2D eigenvalue weighted by molar-refractivity contribution is 6.51. The lowest BCUT2D eigenvalue weighted by Crippen LogP contribution is -2.58. The van der Waals surface area contributed by atoms with Gasteiger partial charge in [-0.25, -0.2) is 14.3 Å². The number of aryl methyl sites for hydroxylation is 1. The largest absolute Gasteiger partial charge is 0.355 e. The van der Waals surface area contributed by atoms with Crippen LogP contribution in [0.25, 0.3) is 33.6 Å². The van der Waals surface area contributed by atoms with Crippen LogP contribution in [0.15, 0.2) is 65.4 Å². The third kappa shape index (κ3) is 5.84. The molecule has 1 aliphatic rings. The highest BCUT2D eigenvalue weighted by Crippen LogP contribution is 2.38. The number of carbonyl (C=O) groups excluding carboxylic acids is 1. The Morgan fingerprint density at radius 1 is 1.11 bits per heavy atom. The molecule has 5 rings (SSSR count). The van der Waals surface area contributed by atoms with E-state index < -0.39 is 5.69 Å². The number of allylic oxidation sites excluding steroid dienone is 1. The number of rotatable bonds is 6. The van der Waals surface area contributed by atoms with Gasteiger partial charge in [0.2, 0.25) is 5.91 Å². The Morgan fingerprint density at radius 3 is 2.40 bits per heavy atom.